The van der Waals surface area contributed by atoms with Crippen LogP contribution in [0, 0.1) is 0 Å². The van der Waals surface area contributed by atoms with Gasteiger partial charge in [0.25, 0.3) is 0 Å². The van der Waals surface area contributed by atoms with Gasteiger partial charge in [-0.25, -0.2) is 9.97 Å². The summed E-state index contributed by atoms with van der Waals surface area (Å²) in [7, 11) is 0. The maximum absolute atomic E-state index is 4.69. The van der Waals surface area contributed by atoms with Gasteiger partial charge in [-0.15, -0.1) is 0 Å². The molecule has 0 amide bonds. The summed E-state index contributed by atoms with van der Waals surface area (Å²) >= 11 is 0. The molecular weight excluding hydrogens is 298 g/mol. The van der Waals surface area contributed by atoms with Crippen molar-refractivity contribution in [2.24, 2.45) is 0 Å². The molecule has 0 spiro atoms. The summed E-state index contributed by atoms with van der Waals surface area (Å²) in [5.74, 6) is 0.628. The van der Waals surface area contributed by atoms with Gasteiger partial charge in [0.1, 0.15) is 0 Å². The number of hydrogen-bond acceptors (Lipinski definition) is 5. The quantitative estimate of drug-likeness (QED) is 0.577. The summed E-state index contributed by atoms with van der Waals surface area (Å²) in [5.41, 5.74) is 4.38. The molecule has 4 aromatic heterocycles. The highest BCUT2D eigenvalue weighted by Gasteiger charge is 2.10. The van der Waals surface area contributed by atoms with Crippen LogP contribution in [0.5, 0.6) is 0 Å². The average molecular weight is 311 g/mol. The Kier molecular flexibility index (Phi) is 3.73. The second kappa shape index (κ2) is 6.34. The Morgan fingerprint density at radius 3 is 1.42 bits per heavy atom. The molecule has 0 aliphatic carbocycles. The molecule has 4 rings (SSSR count). The zero-order chi connectivity index (χ0) is 16.2. The molecule has 4 heterocycles. The summed E-state index contributed by atoms with van der Waals surface area (Å²) < 4.78 is 0. The second-order valence-electron chi connectivity index (χ2n) is 5.19. The zero-order valence-corrected chi connectivity index (χ0v) is 12.7. The first-order chi connectivity index (χ1) is 11.9. The summed E-state index contributed by atoms with van der Waals surface area (Å²) in [6.45, 7) is 0. The van der Waals surface area contributed by atoms with E-state index in [1.54, 1.807) is 37.2 Å². The summed E-state index contributed by atoms with van der Waals surface area (Å²) in [6.07, 6.45) is 10.6. The molecule has 0 N–H and O–H groups in total. The van der Waals surface area contributed by atoms with Crippen LogP contribution < -0.4 is 0 Å². The van der Waals surface area contributed by atoms with Gasteiger partial charge in [0.05, 0.1) is 11.4 Å². The molecule has 24 heavy (non-hydrogen) atoms. The van der Waals surface area contributed by atoms with E-state index >= 15 is 0 Å². The SMILES string of the molecule is c1cncc(-c2cc(-c3cccnc3)nc(-c3cccnc3)n2)c1. The fourth-order valence-corrected chi connectivity index (χ4v) is 2.40. The van der Waals surface area contributed by atoms with Crippen LogP contribution in [0.1, 0.15) is 0 Å². The van der Waals surface area contributed by atoms with E-state index in [1.165, 1.54) is 0 Å². The van der Waals surface area contributed by atoms with Crippen LogP contribution in [0.15, 0.2) is 79.6 Å². The largest absolute Gasteiger partial charge is 0.264 e. The van der Waals surface area contributed by atoms with Crippen molar-refractivity contribution in [3.05, 3.63) is 79.6 Å². The van der Waals surface area contributed by atoms with Crippen LogP contribution in [0.3, 0.4) is 0 Å². The summed E-state index contributed by atoms with van der Waals surface area (Å²) in [4.78, 5) is 21.9. The highest BCUT2D eigenvalue weighted by Crippen LogP contribution is 2.26. The summed E-state index contributed by atoms with van der Waals surface area (Å²) in [5, 5.41) is 0. The first-order valence-electron chi connectivity index (χ1n) is 7.50. The van der Waals surface area contributed by atoms with E-state index < -0.39 is 0 Å². The first-order valence-corrected chi connectivity index (χ1v) is 7.50. The number of pyridine rings is 3. The van der Waals surface area contributed by atoms with E-state index in [0.717, 1.165) is 28.1 Å². The van der Waals surface area contributed by atoms with Gasteiger partial charge in [-0.3, -0.25) is 15.0 Å². The van der Waals surface area contributed by atoms with Gasteiger partial charge in [0, 0.05) is 53.9 Å². The average Bonchev–Trinajstić information content (AvgIpc) is 2.70. The molecule has 114 valence electrons. The van der Waals surface area contributed by atoms with Crippen molar-refractivity contribution in [1.82, 2.24) is 24.9 Å². The molecule has 0 aromatic carbocycles. The molecule has 0 aliphatic rings. The lowest BCUT2D eigenvalue weighted by Crippen LogP contribution is -1.96. The lowest BCUT2D eigenvalue weighted by Gasteiger charge is -2.08. The molecule has 0 bridgehead atoms. The Hall–Kier alpha value is -3.47. The van der Waals surface area contributed by atoms with E-state index in [2.05, 4.69) is 24.9 Å². The molecule has 4 aromatic rings. The van der Waals surface area contributed by atoms with Gasteiger partial charge in [0.15, 0.2) is 5.82 Å². The topological polar surface area (TPSA) is 64.5 Å². The fraction of sp³-hybridized carbons (Fsp3) is 0. The van der Waals surface area contributed by atoms with Crippen molar-refractivity contribution in [3.8, 4) is 33.9 Å². The van der Waals surface area contributed by atoms with E-state index in [-0.39, 0.29) is 0 Å². The smallest absolute Gasteiger partial charge is 0.161 e. The molecule has 0 saturated heterocycles. The number of nitrogens with zero attached hydrogens (tertiary/aromatic N) is 5. The Morgan fingerprint density at radius 2 is 1.00 bits per heavy atom. The molecule has 0 fully saturated rings. The monoisotopic (exact) mass is 311 g/mol. The Bertz CT molecular complexity index is 801. The van der Waals surface area contributed by atoms with Crippen LogP contribution in [0.4, 0.5) is 0 Å². The molecule has 0 radical (unpaired) electrons. The van der Waals surface area contributed by atoms with Crippen LogP contribution in [-0.4, -0.2) is 24.9 Å². The van der Waals surface area contributed by atoms with Gasteiger partial charge in [-0.1, -0.05) is 0 Å². The first kappa shape index (κ1) is 14.1. The minimum absolute atomic E-state index is 0.628. The van der Waals surface area contributed by atoms with Crippen molar-refractivity contribution in [2.75, 3.05) is 0 Å². The van der Waals surface area contributed by atoms with E-state index in [4.69, 9.17) is 0 Å². The van der Waals surface area contributed by atoms with Crippen LogP contribution in [-0.2, 0) is 0 Å². The number of hydrogen-bond donors (Lipinski definition) is 0. The van der Waals surface area contributed by atoms with Crippen molar-refractivity contribution in [3.63, 3.8) is 0 Å². The highest BCUT2D eigenvalue weighted by molar-refractivity contribution is 5.70. The molecular formula is C19H13N5. The lowest BCUT2D eigenvalue weighted by molar-refractivity contribution is 1.16. The normalized spacial score (nSPS) is 10.5. The molecule has 5 nitrogen and oxygen atoms in total. The predicted molar refractivity (Wildman–Crippen MR) is 91.7 cm³/mol. The molecule has 0 unspecified atom stereocenters. The third-order valence-corrected chi connectivity index (χ3v) is 3.56. The van der Waals surface area contributed by atoms with Crippen LogP contribution in [0.2, 0.25) is 0 Å². The van der Waals surface area contributed by atoms with Gasteiger partial charge in [-0.2, -0.15) is 0 Å². The van der Waals surface area contributed by atoms with Crippen LogP contribution in [0.25, 0.3) is 33.9 Å². The maximum Gasteiger partial charge on any atom is 0.161 e. The third-order valence-electron chi connectivity index (χ3n) is 3.56. The molecule has 0 aliphatic heterocycles. The minimum atomic E-state index is 0.628. The van der Waals surface area contributed by atoms with Gasteiger partial charge in [0.2, 0.25) is 0 Å². The van der Waals surface area contributed by atoms with E-state index in [1.807, 2.05) is 42.5 Å². The zero-order valence-electron chi connectivity index (χ0n) is 12.7. The van der Waals surface area contributed by atoms with E-state index in [0.29, 0.717) is 5.82 Å². The maximum atomic E-state index is 4.69. The molecule has 0 saturated carbocycles. The number of rotatable bonds is 3. The van der Waals surface area contributed by atoms with E-state index in [9.17, 15) is 0 Å². The summed E-state index contributed by atoms with van der Waals surface area (Å²) in [6, 6.07) is 13.5. The van der Waals surface area contributed by atoms with Crippen molar-refractivity contribution in [2.45, 2.75) is 0 Å². The standard InChI is InChI=1S/C19H13N5/c1-4-14(11-20-7-1)17-10-18(15-5-2-8-21-12-15)24-19(23-17)16-6-3-9-22-13-16/h1-13H. The minimum Gasteiger partial charge on any atom is -0.264 e. The van der Waals surface area contributed by atoms with Crippen molar-refractivity contribution < 1.29 is 0 Å². The lowest BCUT2D eigenvalue weighted by atomic mass is 10.1. The Balaban J connectivity index is 1.92. The predicted octanol–water partition coefficient (Wildman–Crippen LogP) is 3.66. The van der Waals surface area contributed by atoms with Gasteiger partial charge >= 0.3 is 0 Å². The molecule has 0 atom stereocenters. The second-order valence-corrected chi connectivity index (χ2v) is 5.19. The fourth-order valence-electron chi connectivity index (χ4n) is 2.40. The van der Waals surface area contributed by atoms with Crippen LogP contribution >= 0.6 is 0 Å². The Labute approximate surface area is 139 Å². The van der Waals surface area contributed by atoms with Gasteiger partial charge in [-0.05, 0) is 42.5 Å². The van der Waals surface area contributed by atoms with Crippen molar-refractivity contribution in [1.29, 1.82) is 0 Å². The number of aromatic nitrogens is 5. The highest BCUT2D eigenvalue weighted by atomic mass is 14.9. The van der Waals surface area contributed by atoms with Gasteiger partial charge < -0.3 is 0 Å². The Morgan fingerprint density at radius 1 is 0.542 bits per heavy atom. The third kappa shape index (κ3) is 2.87. The molecule has 5 heteroatoms. The van der Waals surface area contributed by atoms with Crippen molar-refractivity contribution >= 4 is 0 Å².